The highest BCUT2D eigenvalue weighted by molar-refractivity contribution is 5.85. The Labute approximate surface area is 93.6 Å². The Kier molecular flexibility index (Phi) is 3.89. The van der Waals surface area contributed by atoms with Crippen molar-refractivity contribution in [1.82, 2.24) is 10.2 Å². The van der Waals surface area contributed by atoms with Crippen molar-refractivity contribution >= 4 is 18.3 Å². The van der Waals surface area contributed by atoms with Crippen LogP contribution in [0.25, 0.3) is 0 Å². The van der Waals surface area contributed by atoms with E-state index >= 15 is 0 Å². The first-order valence-corrected chi connectivity index (χ1v) is 4.96. The molecule has 0 unspecified atom stereocenters. The first-order chi connectivity index (χ1) is 6.58. The maximum atomic E-state index is 13.1. The third-order valence-corrected chi connectivity index (χ3v) is 2.60. The molecule has 1 N–H and O–H groups in total. The molecule has 0 atom stereocenters. The SMILES string of the molecule is Cl.O=C(C1CC1)N1CCNCC(F)(F)C1. The Balaban J connectivity index is 0.00000112. The summed E-state index contributed by atoms with van der Waals surface area (Å²) in [5, 5.41) is 2.64. The van der Waals surface area contributed by atoms with E-state index in [9.17, 15) is 13.6 Å². The highest BCUT2D eigenvalue weighted by atomic mass is 35.5. The lowest BCUT2D eigenvalue weighted by Gasteiger charge is -2.23. The quantitative estimate of drug-likeness (QED) is 0.738. The van der Waals surface area contributed by atoms with E-state index in [-0.39, 0.29) is 30.8 Å². The van der Waals surface area contributed by atoms with Gasteiger partial charge in [0.1, 0.15) is 0 Å². The lowest BCUT2D eigenvalue weighted by Crippen LogP contribution is -2.42. The van der Waals surface area contributed by atoms with E-state index in [4.69, 9.17) is 0 Å². The van der Waals surface area contributed by atoms with Crippen molar-refractivity contribution in [3.05, 3.63) is 0 Å². The summed E-state index contributed by atoms with van der Waals surface area (Å²) >= 11 is 0. The molecule has 0 aromatic heterocycles. The summed E-state index contributed by atoms with van der Waals surface area (Å²) in [7, 11) is 0. The van der Waals surface area contributed by atoms with Crippen LogP contribution in [0.3, 0.4) is 0 Å². The van der Waals surface area contributed by atoms with Gasteiger partial charge in [0, 0.05) is 19.0 Å². The van der Waals surface area contributed by atoms with E-state index in [2.05, 4.69) is 5.32 Å². The molecular formula is C9H15ClF2N2O. The number of halogens is 3. The van der Waals surface area contributed by atoms with Crippen LogP contribution in [0.4, 0.5) is 8.78 Å². The van der Waals surface area contributed by atoms with Crippen LogP contribution in [-0.4, -0.2) is 42.9 Å². The summed E-state index contributed by atoms with van der Waals surface area (Å²) < 4.78 is 26.2. The van der Waals surface area contributed by atoms with Gasteiger partial charge in [-0.25, -0.2) is 8.78 Å². The lowest BCUT2D eigenvalue weighted by atomic mass is 10.3. The number of carbonyl (C=O) groups excluding carboxylic acids is 1. The Hall–Kier alpha value is -0.420. The van der Waals surface area contributed by atoms with Crippen LogP contribution < -0.4 is 5.32 Å². The number of carbonyl (C=O) groups is 1. The molecule has 2 fully saturated rings. The van der Waals surface area contributed by atoms with Crippen molar-refractivity contribution in [2.45, 2.75) is 18.8 Å². The number of nitrogens with zero attached hydrogens (tertiary/aromatic N) is 1. The van der Waals surface area contributed by atoms with Crippen molar-refractivity contribution in [1.29, 1.82) is 0 Å². The maximum absolute atomic E-state index is 13.1. The second-order valence-electron chi connectivity index (χ2n) is 4.07. The van der Waals surface area contributed by atoms with Gasteiger partial charge in [-0.3, -0.25) is 4.79 Å². The third-order valence-electron chi connectivity index (χ3n) is 2.60. The molecule has 0 spiro atoms. The second kappa shape index (κ2) is 4.61. The van der Waals surface area contributed by atoms with Gasteiger partial charge in [-0.05, 0) is 12.8 Å². The number of hydrogen-bond donors (Lipinski definition) is 1. The highest BCUT2D eigenvalue weighted by Crippen LogP contribution is 2.32. The molecule has 0 radical (unpaired) electrons. The third kappa shape index (κ3) is 3.28. The van der Waals surface area contributed by atoms with E-state index in [1.54, 1.807) is 0 Å². The zero-order valence-corrected chi connectivity index (χ0v) is 9.16. The maximum Gasteiger partial charge on any atom is 0.277 e. The molecule has 3 nitrogen and oxygen atoms in total. The minimum atomic E-state index is -2.78. The lowest BCUT2D eigenvalue weighted by molar-refractivity contribution is -0.136. The number of amides is 1. The topological polar surface area (TPSA) is 32.3 Å². The molecule has 1 aliphatic carbocycles. The van der Waals surface area contributed by atoms with Gasteiger partial charge >= 0.3 is 0 Å². The molecule has 1 heterocycles. The molecule has 0 aromatic rings. The largest absolute Gasteiger partial charge is 0.335 e. The standard InChI is InChI=1S/C9H14F2N2O.ClH/c10-9(11)5-12-3-4-13(6-9)8(14)7-1-2-7;/h7,12H,1-6H2;1H. The van der Waals surface area contributed by atoms with Gasteiger partial charge in [0.2, 0.25) is 5.91 Å². The monoisotopic (exact) mass is 240 g/mol. The van der Waals surface area contributed by atoms with E-state index < -0.39 is 12.5 Å². The predicted molar refractivity (Wildman–Crippen MR) is 54.4 cm³/mol. The van der Waals surface area contributed by atoms with Gasteiger partial charge in [-0.1, -0.05) is 0 Å². The van der Waals surface area contributed by atoms with Gasteiger partial charge in [-0.15, -0.1) is 12.4 Å². The van der Waals surface area contributed by atoms with Gasteiger partial charge in [-0.2, -0.15) is 0 Å². The van der Waals surface area contributed by atoms with Crippen molar-refractivity contribution < 1.29 is 13.6 Å². The van der Waals surface area contributed by atoms with Gasteiger partial charge in [0.15, 0.2) is 0 Å². The van der Waals surface area contributed by atoms with E-state index in [0.29, 0.717) is 13.1 Å². The second-order valence-corrected chi connectivity index (χ2v) is 4.07. The van der Waals surface area contributed by atoms with Crippen LogP contribution >= 0.6 is 12.4 Å². The first-order valence-electron chi connectivity index (χ1n) is 4.96. The smallest absolute Gasteiger partial charge is 0.277 e. The van der Waals surface area contributed by atoms with Gasteiger partial charge < -0.3 is 10.2 Å². The van der Waals surface area contributed by atoms with Crippen LogP contribution in [0.5, 0.6) is 0 Å². The molecule has 0 bridgehead atoms. The summed E-state index contributed by atoms with van der Waals surface area (Å²) in [6, 6.07) is 0. The van der Waals surface area contributed by atoms with Gasteiger partial charge in [0.05, 0.1) is 13.1 Å². The predicted octanol–water partition coefficient (Wildman–Crippen LogP) is 0.885. The Bertz CT molecular complexity index is 246. The number of alkyl halides is 2. The Morgan fingerprint density at radius 1 is 1.40 bits per heavy atom. The van der Waals surface area contributed by atoms with Crippen molar-refractivity contribution in [3.63, 3.8) is 0 Å². The molecule has 1 saturated heterocycles. The fourth-order valence-corrected chi connectivity index (χ4v) is 1.68. The average molecular weight is 241 g/mol. The number of hydrogen-bond acceptors (Lipinski definition) is 2. The molecule has 2 aliphatic rings. The number of rotatable bonds is 1. The minimum absolute atomic E-state index is 0. The van der Waals surface area contributed by atoms with E-state index in [0.717, 1.165) is 12.8 Å². The summed E-state index contributed by atoms with van der Waals surface area (Å²) in [5.74, 6) is -2.83. The normalized spacial score (nSPS) is 25.3. The Morgan fingerprint density at radius 3 is 2.67 bits per heavy atom. The zero-order chi connectivity index (χ0) is 10.2. The van der Waals surface area contributed by atoms with E-state index in [1.165, 1.54) is 4.90 Å². The Morgan fingerprint density at radius 2 is 2.07 bits per heavy atom. The summed E-state index contributed by atoms with van der Waals surface area (Å²) in [5.41, 5.74) is 0. The highest BCUT2D eigenvalue weighted by Gasteiger charge is 2.40. The van der Waals surface area contributed by atoms with Crippen LogP contribution in [0, 0.1) is 5.92 Å². The molecule has 1 saturated carbocycles. The molecule has 0 aromatic carbocycles. The van der Waals surface area contributed by atoms with Crippen molar-refractivity contribution in [2.75, 3.05) is 26.2 Å². The fourth-order valence-electron chi connectivity index (χ4n) is 1.68. The summed E-state index contributed by atoms with van der Waals surface area (Å²) in [6.07, 6.45) is 1.74. The van der Waals surface area contributed by atoms with E-state index in [1.807, 2.05) is 0 Å². The fraction of sp³-hybridized carbons (Fsp3) is 0.889. The first kappa shape index (κ1) is 12.6. The van der Waals surface area contributed by atoms with Crippen LogP contribution in [0.2, 0.25) is 0 Å². The van der Waals surface area contributed by atoms with Crippen molar-refractivity contribution in [2.24, 2.45) is 5.92 Å². The number of nitrogens with one attached hydrogen (secondary N) is 1. The molecule has 6 heteroatoms. The average Bonchev–Trinajstić information content (AvgIpc) is 2.89. The summed E-state index contributed by atoms with van der Waals surface area (Å²) in [4.78, 5) is 12.9. The summed E-state index contributed by atoms with van der Waals surface area (Å²) in [6.45, 7) is 0.135. The van der Waals surface area contributed by atoms with Crippen molar-refractivity contribution in [3.8, 4) is 0 Å². The van der Waals surface area contributed by atoms with Crippen LogP contribution in [0.1, 0.15) is 12.8 Å². The molecule has 15 heavy (non-hydrogen) atoms. The molecule has 2 rings (SSSR count). The zero-order valence-electron chi connectivity index (χ0n) is 8.34. The van der Waals surface area contributed by atoms with Gasteiger partial charge in [0.25, 0.3) is 5.92 Å². The molecule has 1 amide bonds. The molecule has 88 valence electrons. The minimum Gasteiger partial charge on any atom is -0.335 e. The molecular weight excluding hydrogens is 226 g/mol. The molecule has 1 aliphatic heterocycles. The van der Waals surface area contributed by atoms with Crippen LogP contribution in [-0.2, 0) is 4.79 Å². The van der Waals surface area contributed by atoms with Crippen LogP contribution in [0.15, 0.2) is 0 Å².